The number of nitrogens with one attached hydrogen (secondary N) is 2. The zero-order valence-electron chi connectivity index (χ0n) is 16.2. The van der Waals surface area contributed by atoms with Crippen LogP contribution in [0.1, 0.15) is 68.0 Å². The van der Waals surface area contributed by atoms with Gasteiger partial charge in [0.15, 0.2) is 0 Å². The normalized spacial score (nSPS) is 12.7. The fraction of sp³-hybridized carbons (Fsp3) is 0.450. The van der Waals surface area contributed by atoms with Gasteiger partial charge in [-0.25, -0.2) is 0 Å². The van der Waals surface area contributed by atoms with Crippen molar-refractivity contribution in [2.45, 2.75) is 59.0 Å². The van der Waals surface area contributed by atoms with Gasteiger partial charge < -0.3 is 15.2 Å². The zero-order valence-corrected chi connectivity index (χ0v) is 16.2. The first-order valence-electron chi connectivity index (χ1n) is 8.74. The fourth-order valence-electron chi connectivity index (χ4n) is 2.67. The monoisotopic (exact) mass is 357 g/mol. The molecule has 2 aromatic rings. The molecule has 0 bridgehead atoms. The second-order valence-electron chi connectivity index (χ2n) is 7.69. The minimum atomic E-state index is -0.798. The number of aromatic nitrogens is 1. The summed E-state index contributed by atoms with van der Waals surface area (Å²) in [6, 6.07) is 8.34. The molecule has 0 saturated carbocycles. The molecule has 0 aliphatic carbocycles. The number of carbonyl (C=O) groups is 2. The van der Waals surface area contributed by atoms with Crippen molar-refractivity contribution < 1.29 is 14.1 Å². The summed E-state index contributed by atoms with van der Waals surface area (Å²) < 4.78 is 5.24. The van der Waals surface area contributed by atoms with Crippen molar-refractivity contribution in [2.75, 3.05) is 0 Å². The molecule has 0 saturated heterocycles. The SMILES string of the molecule is Cc1onc(C(C)(C)C)c1C(=O)NC(C(=O)NC(C)C)c1ccccc1. The van der Waals surface area contributed by atoms with Gasteiger partial charge in [0, 0.05) is 11.5 Å². The third-order valence-electron chi connectivity index (χ3n) is 3.90. The van der Waals surface area contributed by atoms with E-state index in [0.717, 1.165) is 0 Å². The van der Waals surface area contributed by atoms with E-state index in [9.17, 15) is 9.59 Å². The molecule has 0 aliphatic heterocycles. The largest absolute Gasteiger partial charge is 0.361 e. The number of hydrogen-bond donors (Lipinski definition) is 2. The molecule has 1 aromatic carbocycles. The molecule has 0 spiro atoms. The van der Waals surface area contributed by atoms with Gasteiger partial charge in [-0.15, -0.1) is 0 Å². The van der Waals surface area contributed by atoms with E-state index in [0.29, 0.717) is 22.6 Å². The highest BCUT2D eigenvalue weighted by atomic mass is 16.5. The molecule has 2 N–H and O–H groups in total. The summed E-state index contributed by atoms with van der Waals surface area (Å²) in [5.74, 6) is -0.198. The second-order valence-corrected chi connectivity index (χ2v) is 7.69. The number of nitrogens with zero attached hydrogens (tertiary/aromatic N) is 1. The molecule has 140 valence electrons. The predicted molar refractivity (Wildman–Crippen MR) is 99.9 cm³/mol. The van der Waals surface area contributed by atoms with Crippen LogP contribution in [0.5, 0.6) is 0 Å². The summed E-state index contributed by atoms with van der Waals surface area (Å²) in [6.07, 6.45) is 0. The number of amides is 2. The van der Waals surface area contributed by atoms with E-state index < -0.39 is 6.04 Å². The molecule has 26 heavy (non-hydrogen) atoms. The molecule has 2 amide bonds. The van der Waals surface area contributed by atoms with Gasteiger partial charge in [-0.2, -0.15) is 0 Å². The third kappa shape index (κ3) is 4.50. The number of aryl methyl sites for hydroxylation is 1. The lowest BCUT2D eigenvalue weighted by Gasteiger charge is -2.21. The van der Waals surface area contributed by atoms with Crippen molar-refractivity contribution in [1.29, 1.82) is 0 Å². The van der Waals surface area contributed by atoms with Crippen LogP contribution in [-0.2, 0) is 10.2 Å². The molecule has 1 heterocycles. The average molecular weight is 357 g/mol. The molecule has 0 aliphatic rings. The maximum atomic E-state index is 13.0. The third-order valence-corrected chi connectivity index (χ3v) is 3.90. The molecule has 1 aromatic heterocycles. The van der Waals surface area contributed by atoms with Crippen LogP contribution in [0.2, 0.25) is 0 Å². The second kappa shape index (κ2) is 7.72. The highest BCUT2D eigenvalue weighted by molar-refractivity contribution is 5.99. The number of carbonyl (C=O) groups excluding carboxylic acids is 2. The quantitative estimate of drug-likeness (QED) is 0.860. The van der Waals surface area contributed by atoms with Gasteiger partial charge in [0.1, 0.15) is 23.1 Å². The van der Waals surface area contributed by atoms with Gasteiger partial charge in [-0.3, -0.25) is 9.59 Å². The lowest BCUT2D eigenvalue weighted by atomic mass is 9.88. The van der Waals surface area contributed by atoms with Crippen molar-refractivity contribution in [3.8, 4) is 0 Å². The van der Waals surface area contributed by atoms with Crippen LogP contribution >= 0.6 is 0 Å². The van der Waals surface area contributed by atoms with Crippen molar-refractivity contribution in [3.63, 3.8) is 0 Å². The van der Waals surface area contributed by atoms with E-state index in [4.69, 9.17) is 4.52 Å². The minimum absolute atomic E-state index is 0.0342. The molecular weight excluding hydrogens is 330 g/mol. The molecule has 0 radical (unpaired) electrons. The summed E-state index contributed by atoms with van der Waals surface area (Å²) >= 11 is 0. The number of hydrogen-bond acceptors (Lipinski definition) is 4. The summed E-state index contributed by atoms with van der Waals surface area (Å²) in [6.45, 7) is 11.3. The maximum absolute atomic E-state index is 13.0. The molecule has 6 heteroatoms. The van der Waals surface area contributed by atoms with Crippen molar-refractivity contribution in [3.05, 3.63) is 52.9 Å². The Balaban J connectivity index is 2.36. The Labute approximate surface area is 154 Å². The topological polar surface area (TPSA) is 84.2 Å². The van der Waals surface area contributed by atoms with E-state index in [1.807, 2.05) is 65.0 Å². The summed E-state index contributed by atoms with van der Waals surface area (Å²) in [7, 11) is 0. The standard InChI is InChI=1S/C20H27N3O3/c1-12(2)21-19(25)16(14-10-8-7-9-11-14)22-18(24)15-13(3)26-23-17(15)20(4,5)6/h7-12,16H,1-6H3,(H,21,25)(H,22,24). The molecule has 1 atom stereocenters. The Kier molecular flexibility index (Phi) is 5.85. The summed E-state index contributed by atoms with van der Waals surface area (Å²) in [5, 5.41) is 9.75. The molecule has 1 unspecified atom stereocenters. The van der Waals surface area contributed by atoms with Crippen LogP contribution in [0.15, 0.2) is 34.9 Å². The van der Waals surface area contributed by atoms with Gasteiger partial charge in [-0.1, -0.05) is 56.3 Å². The first-order valence-corrected chi connectivity index (χ1v) is 8.74. The van der Waals surface area contributed by atoms with E-state index in [2.05, 4.69) is 15.8 Å². The summed E-state index contributed by atoms with van der Waals surface area (Å²) in [5.41, 5.74) is 1.32. The van der Waals surface area contributed by atoms with Gasteiger partial charge in [-0.05, 0) is 26.3 Å². The van der Waals surface area contributed by atoms with E-state index >= 15 is 0 Å². The van der Waals surface area contributed by atoms with E-state index in [1.165, 1.54) is 0 Å². The lowest BCUT2D eigenvalue weighted by Crippen LogP contribution is -2.43. The van der Waals surface area contributed by atoms with Gasteiger partial charge >= 0.3 is 0 Å². The Morgan fingerprint density at radius 3 is 2.23 bits per heavy atom. The van der Waals surface area contributed by atoms with Crippen LogP contribution in [0.3, 0.4) is 0 Å². The smallest absolute Gasteiger partial charge is 0.257 e. The fourth-order valence-corrected chi connectivity index (χ4v) is 2.67. The van der Waals surface area contributed by atoms with Crippen LogP contribution < -0.4 is 10.6 Å². The molecule has 0 fully saturated rings. The van der Waals surface area contributed by atoms with Crippen LogP contribution in [0.4, 0.5) is 0 Å². The first kappa shape index (κ1) is 19.7. The zero-order chi connectivity index (χ0) is 19.5. The Morgan fingerprint density at radius 2 is 1.69 bits per heavy atom. The predicted octanol–water partition coefficient (Wildman–Crippen LogP) is 3.28. The van der Waals surface area contributed by atoms with Crippen LogP contribution in [0, 0.1) is 6.92 Å². The van der Waals surface area contributed by atoms with Crippen molar-refractivity contribution in [2.24, 2.45) is 0 Å². The lowest BCUT2D eigenvalue weighted by molar-refractivity contribution is -0.123. The van der Waals surface area contributed by atoms with Crippen LogP contribution in [0.25, 0.3) is 0 Å². The van der Waals surface area contributed by atoms with E-state index in [-0.39, 0.29) is 23.3 Å². The Hall–Kier alpha value is -2.63. The minimum Gasteiger partial charge on any atom is -0.361 e. The van der Waals surface area contributed by atoms with Gasteiger partial charge in [0.05, 0.1) is 0 Å². The van der Waals surface area contributed by atoms with Gasteiger partial charge in [0.2, 0.25) is 5.91 Å². The highest BCUT2D eigenvalue weighted by Crippen LogP contribution is 2.27. The van der Waals surface area contributed by atoms with Crippen molar-refractivity contribution in [1.82, 2.24) is 15.8 Å². The van der Waals surface area contributed by atoms with Crippen molar-refractivity contribution >= 4 is 11.8 Å². The van der Waals surface area contributed by atoms with Crippen LogP contribution in [-0.4, -0.2) is 23.0 Å². The Bertz CT molecular complexity index is 773. The molecular formula is C20H27N3O3. The molecule has 6 nitrogen and oxygen atoms in total. The summed E-state index contributed by atoms with van der Waals surface area (Å²) in [4.78, 5) is 25.6. The average Bonchev–Trinajstić information content (AvgIpc) is 2.94. The maximum Gasteiger partial charge on any atom is 0.257 e. The number of benzene rings is 1. The number of rotatable bonds is 5. The van der Waals surface area contributed by atoms with E-state index in [1.54, 1.807) is 6.92 Å². The van der Waals surface area contributed by atoms with Gasteiger partial charge in [0.25, 0.3) is 5.91 Å². The molecule has 2 rings (SSSR count). The highest BCUT2D eigenvalue weighted by Gasteiger charge is 2.31. The Morgan fingerprint density at radius 1 is 1.08 bits per heavy atom. The first-order chi connectivity index (χ1) is 12.1.